The van der Waals surface area contributed by atoms with E-state index in [-0.39, 0.29) is 16.8 Å². The van der Waals surface area contributed by atoms with Gasteiger partial charge in [0.1, 0.15) is 16.5 Å². The van der Waals surface area contributed by atoms with Crippen LogP contribution in [0.1, 0.15) is 23.2 Å². The minimum atomic E-state index is -3.72. The van der Waals surface area contributed by atoms with Gasteiger partial charge in [-0.2, -0.15) is 0 Å². The SMILES string of the molecule is COc1ccc(C)cc1S(=O)(=O)NC1CCc2[nH]c3cc(F)ccc3c2C1. The van der Waals surface area contributed by atoms with E-state index in [2.05, 4.69) is 9.71 Å². The summed E-state index contributed by atoms with van der Waals surface area (Å²) in [6.45, 7) is 1.84. The number of aromatic nitrogens is 1. The second kappa shape index (κ2) is 6.65. The van der Waals surface area contributed by atoms with E-state index in [4.69, 9.17) is 4.74 Å². The van der Waals surface area contributed by atoms with Gasteiger partial charge in [0.05, 0.1) is 7.11 Å². The van der Waals surface area contributed by atoms with Gasteiger partial charge in [-0.3, -0.25) is 0 Å². The first-order valence-electron chi connectivity index (χ1n) is 8.83. The van der Waals surface area contributed by atoms with Crippen molar-refractivity contribution < 1.29 is 17.5 Å². The molecule has 0 radical (unpaired) electrons. The summed E-state index contributed by atoms with van der Waals surface area (Å²) in [6, 6.07) is 9.53. The summed E-state index contributed by atoms with van der Waals surface area (Å²) in [7, 11) is -2.26. The molecule has 7 heteroatoms. The van der Waals surface area contributed by atoms with E-state index in [1.807, 2.05) is 13.0 Å². The van der Waals surface area contributed by atoms with E-state index in [0.29, 0.717) is 25.0 Å². The van der Waals surface area contributed by atoms with Crippen molar-refractivity contribution in [1.82, 2.24) is 9.71 Å². The second-order valence-corrected chi connectivity index (χ2v) is 8.67. The van der Waals surface area contributed by atoms with E-state index >= 15 is 0 Å². The van der Waals surface area contributed by atoms with Crippen molar-refractivity contribution in [2.75, 3.05) is 7.11 Å². The Morgan fingerprint density at radius 2 is 2.04 bits per heavy atom. The Bertz CT molecular complexity index is 1120. The van der Waals surface area contributed by atoms with Gasteiger partial charge in [-0.05, 0) is 67.6 Å². The molecule has 2 N–H and O–H groups in total. The number of fused-ring (bicyclic) bond motifs is 3. The number of ether oxygens (including phenoxy) is 1. The lowest BCUT2D eigenvalue weighted by molar-refractivity contribution is 0.401. The highest BCUT2D eigenvalue weighted by Crippen LogP contribution is 2.31. The number of aryl methyl sites for hydroxylation is 2. The topological polar surface area (TPSA) is 71.2 Å². The molecule has 0 saturated heterocycles. The van der Waals surface area contributed by atoms with Crippen molar-refractivity contribution in [1.29, 1.82) is 0 Å². The molecule has 0 spiro atoms. The molecule has 5 nitrogen and oxygen atoms in total. The number of rotatable bonds is 4. The third kappa shape index (κ3) is 3.33. The summed E-state index contributed by atoms with van der Waals surface area (Å²) in [6.07, 6.45) is 1.95. The number of halogens is 1. The fourth-order valence-electron chi connectivity index (χ4n) is 3.77. The number of hydrogen-bond donors (Lipinski definition) is 2. The van der Waals surface area contributed by atoms with Crippen LogP contribution in [0.15, 0.2) is 41.3 Å². The molecule has 2 aromatic carbocycles. The summed E-state index contributed by atoms with van der Waals surface area (Å²) in [5.74, 6) is 0.0389. The average molecular weight is 388 g/mol. The number of methoxy groups -OCH3 is 1. The van der Waals surface area contributed by atoms with Crippen molar-refractivity contribution in [2.45, 2.75) is 37.1 Å². The predicted molar refractivity (Wildman–Crippen MR) is 102 cm³/mol. The average Bonchev–Trinajstić information content (AvgIpc) is 2.98. The predicted octanol–water partition coefficient (Wildman–Crippen LogP) is 3.46. The molecule has 0 amide bonds. The van der Waals surface area contributed by atoms with E-state index in [9.17, 15) is 12.8 Å². The van der Waals surface area contributed by atoms with Crippen LogP contribution in [0, 0.1) is 12.7 Å². The van der Waals surface area contributed by atoms with Gasteiger partial charge in [-0.1, -0.05) is 6.07 Å². The maximum atomic E-state index is 13.5. The molecule has 3 aromatic rings. The zero-order chi connectivity index (χ0) is 19.2. The normalized spacial score (nSPS) is 17.1. The van der Waals surface area contributed by atoms with Crippen LogP contribution in [0.2, 0.25) is 0 Å². The van der Waals surface area contributed by atoms with Crippen molar-refractivity contribution >= 4 is 20.9 Å². The number of hydrogen-bond acceptors (Lipinski definition) is 3. The Labute approximate surface area is 157 Å². The van der Waals surface area contributed by atoms with E-state index in [1.165, 1.54) is 19.2 Å². The number of sulfonamides is 1. The van der Waals surface area contributed by atoms with Gasteiger partial charge >= 0.3 is 0 Å². The molecule has 27 heavy (non-hydrogen) atoms. The molecule has 0 bridgehead atoms. The first-order valence-corrected chi connectivity index (χ1v) is 10.3. The Hall–Kier alpha value is -2.38. The molecule has 0 aliphatic heterocycles. The summed E-state index contributed by atoms with van der Waals surface area (Å²) in [5.41, 5.74) is 3.71. The number of benzene rings is 2. The van der Waals surface area contributed by atoms with Crippen molar-refractivity contribution in [2.24, 2.45) is 0 Å². The van der Waals surface area contributed by atoms with Gasteiger partial charge in [0.25, 0.3) is 0 Å². The maximum absolute atomic E-state index is 13.5. The summed E-state index contributed by atoms with van der Waals surface area (Å²) >= 11 is 0. The van der Waals surface area contributed by atoms with Crippen molar-refractivity contribution in [3.8, 4) is 5.75 Å². The van der Waals surface area contributed by atoms with Gasteiger partial charge in [-0.15, -0.1) is 0 Å². The lowest BCUT2D eigenvalue weighted by Crippen LogP contribution is -2.38. The third-order valence-corrected chi connectivity index (χ3v) is 6.62. The van der Waals surface area contributed by atoms with Crippen LogP contribution in [0.3, 0.4) is 0 Å². The zero-order valence-corrected chi connectivity index (χ0v) is 16.0. The number of aromatic amines is 1. The minimum absolute atomic E-state index is 0.150. The van der Waals surface area contributed by atoms with Crippen LogP contribution in [-0.2, 0) is 22.9 Å². The molecule has 1 aliphatic rings. The van der Waals surface area contributed by atoms with Gasteiger partial charge < -0.3 is 9.72 Å². The lowest BCUT2D eigenvalue weighted by atomic mass is 9.92. The third-order valence-electron chi connectivity index (χ3n) is 5.08. The zero-order valence-electron chi connectivity index (χ0n) is 15.2. The Morgan fingerprint density at radius 3 is 2.81 bits per heavy atom. The van der Waals surface area contributed by atoms with Crippen LogP contribution < -0.4 is 9.46 Å². The van der Waals surface area contributed by atoms with E-state index in [1.54, 1.807) is 18.2 Å². The van der Waals surface area contributed by atoms with E-state index < -0.39 is 10.0 Å². The monoisotopic (exact) mass is 388 g/mol. The standard InChI is InChI=1S/C20H21FN2O3S/c1-12-3-8-19(26-2)20(9-12)27(24,25)23-14-5-7-17-16(11-14)15-6-4-13(21)10-18(15)22-17/h3-4,6,8-10,14,22-23H,5,7,11H2,1-2H3. The summed E-state index contributed by atoms with van der Waals surface area (Å²) in [5, 5.41) is 0.948. The molecule has 1 unspecified atom stereocenters. The largest absolute Gasteiger partial charge is 0.495 e. The van der Waals surface area contributed by atoms with Gasteiger partial charge in [-0.25, -0.2) is 17.5 Å². The Morgan fingerprint density at radius 1 is 1.22 bits per heavy atom. The first-order chi connectivity index (χ1) is 12.9. The van der Waals surface area contributed by atoms with Crippen LogP contribution in [0.25, 0.3) is 10.9 Å². The molecule has 4 rings (SSSR count). The minimum Gasteiger partial charge on any atom is -0.495 e. The maximum Gasteiger partial charge on any atom is 0.244 e. The summed E-state index contributed by atoms with van der Waals surface area (Å²) < 4.78 is 47.4. The van der Waals surface area contributed by atoms with Crippen LogP contribution in [0.4, 0.5) is 4.39 Å². The molecule has 142 valence electrons. The fraction of sp³-hybridized carbons (Fsp3) is 0.300. The van der Waals surface area contributed by atoms with Gasteiger partial charge in [0, 0.05) is 22.6 Å². The Balaban J connectivity index is 1.63. The fourth-order valence-corrected chi connectivity index (χ4v) is 5.30. The molecule has 1 atom stereocenters. The van der Waals surface area contributed by atoms with Crippen molar-refractivity contribution in [3.63, 3.8) is 0 Å². The van der Waals surface area contributed by atoms with Crippen LogP contribution in [0.5, 0.6) is 5.75 Å². The highest BCUT2D eigenvalue weighted by molar-refractivity contribution is 7.89. The quantitative estimate of drug-likeness (QED) is 0.719. The number of H-pyrrole nitrogens is 1. The van der Waals surface area contributed by atoms with Crippen molar-refractivity contribution in [3.05, 3.63) is 59.0 Å². The highest BCUT2D eigenvalue weighted by Gasteiger charge is 2.28. The smallest absolute Gasteiger partial charge is 0.244 e. The molecule has 1 aliphatic carbocycles. The highest BCUT2D eigenvalue weighted by atomic mass is 32.2. The summed E-state index contributed by atoms with van der Waals surface area (Å²) in [4.78, 5) is 3.41. The molecular formula is C20H21FN2O3S. The van der Waals surface area contributed by atoms with Gasteiger partial charge in [0.15, 0.2) is 0 Å². The number of nitrogens with one attached hydrogen (secondary N) is 2. The molecule has 1 aromatic heterocycles. The first kappa shape index (κ1) is 18.0. The second-order valence-electron chi connectivity index (χ2n) is 6.99. The van der Waals surface area contributed by atoms with Crippen LogP contribution in [-0.4, -0.2) is 26.6 Å². The molecule has 0 saturated carbocycles. The van der Waals surface area contributed by atoms with Gasteiger partial charge in [0.2, 0.25) is 10.0 Å². The molecule has 0 fully saturated rings. The van der Waals surface area contributed by atoms with Crippen LogP contribution >= 0.6 is 0 Å². The molecule has 1 heterocycles. The lowest BCUT2D eigenvalue weighted by Gasteiger charge is -2.24. The molecular weight excluding hydrogens is 367 g/mol. The Kier molecular flexibility index (Phi) is 4.44. The van der Waals surface area contributed by atoms with E-state index in [0.717, 1.165) is 27.7 Å².